The molecule has 0 aliphatic heterocycles. The molecular formula is C14H14F3N3O2. The van der Waals surface area contributed by atoms with E-state index in [1.807, 2.05) is 13.0 Å². The zero-order valence-corrected chi connectivity index (χ0v) is 11.8. The number of para-hydroxylation sites is 1. The number of halogens is 3. The smallest absolute Gasteiger partial charge is 0.347 e. The molecule has 1 aromatic heterocycles. The van der Waals surface area contributed by atoms with E-state index in [-0.39, 0.29) is 18.5 Å². The summed E-state index contributed by atoms with van der Waals surface area (Å²) in [6.45, 7) is 0.416. The van der Waals surface area contributed by atoms with Crippen molar-refractivity contribution in [3.8, 4) is 0 Å². The van der Waals surface area contributed by atoms with E-state index in [1.54, 1.807) is 17.4 Å². The van der Waals surface area contributed by atoms with Crippen LogP contribution in [0.3, 0.4) is 0 Å². The van der Waals surface area contributed by atoms with E-state index < -0.39 is 18.6 Å². The maximum Gasteiger partial charge on any atom is 0.405 e. The Morgan fingerprint density at radius 3 is 2.77 bits per heavy atom. The van der Waals surface area contributed by atoms with E-state index >= 15 is 0 Å². The van der Waals surface area contributed by atoms with Crippen LogP contribution in [-0.2, 0) is 11.3 Å². The summed E-state index contributed by atoms with van der Waals surface area (Å²) in [7, 11) is 0. The van der Waals surface area contributed by atoms with Gasteiger partial charge in [-0.05, 0) is 18.6 Å². The standard InChI is InChI=1S/C14H14F3N3O2/c1-9-3-2-4-10-12(9)19-8-20(13(10)22)6-5-11(21)18-7-14(15,16)17/h2-4,8H,5-7H2,1H3,(H,18,21). The minimum absolute atomic E-state index is 0.0284. The summed E-state index contributed by atoms with van der Waals surface area (Å²) in [6.07, 6.45) is -3.38. The SMILES string of the molecule is Cc1cccc2c(=O)n(CCC(=O)NCC(F)(F)F)cnc12. The van der Waals surface area contributed by atoms with Crippen molar-refractivity contribution < 1.29 is 18.0 Å². The van der Waals surface area contributed by atoms with Crippen LogP contribution in [-0.4, -0.2) is 28.2 Å². The van der Waals surface area contributed by atoms with Crippen LogP contribution >= 0.6 is 0 Å². The maximum atomic E-state index is 12.2. The Kier molecular flexibility index (Phi) is 4.48. The topological polar surface area (TPSA) is 64.0 Å². The molecule has 0 unspecified atom stereocenters. The minimum Gasteiger partial charge on any atom is -0.347 e. The third-order valence-electron chi connectivity index (χ3n) is 3.12. The summed E-state index contributed by atoms with van der Waals surface area (Å²) >= 11 is 0. The highest BCUT2D eigenvalue weighted by molar-refractivity contribution is 5.80. The monoisotopic (exact) mass is 313 g/mol. The Morgan fingerprint density at radius 1 is 1.36 bits per heavy atom. The maximum absolute atomic E-state index is 12.2. The highest BCUT2D eigenvalue weighted by Gasteiger charge is 2.27. The molecule has 0 fully saturated rings. The van der Waals surface area contributed by atoms with Gasteiger partial charge in [0.2, 0.25) is 5.91 Å². The number of nitrogens with one attached hydrogen (secondary N) is 1. The van der Waals surface area contributed by atoms with Crippen molar-refractivity contribution in [1.82, 2.24) is 14.9 Å². The molecular weight excluding hydrogens is 299 g/mol. The fourth-order valence-corrected chi connectivity index (χ4v) is 2.01. The Morgan fingerprint density at radius 2 is 2.09 bits per heavy atom. The van der Waals surface area contributed by atoms with Gasteiger partial charge in [-0.15, -0.1) is 0 Å². The van der Waals surface area contributed by atoms with Crippen LogP contribution in [0.5, 0.6) is 0 Å². The number of fused-ring (bicyclic) bond motifs is 1. The number of alkyl halides is 3. The van der Waals surface area contributed by atoms with Gasteiger partial charge in [0, 0.05) is 13.0 Å². The first-order valence-corrected chi connectivity index (χ1v) is 6.56. The van der Waals surface area contributed by atoms with Crippen LogP contribution in [0.2, 0.25) is 0 Å². The highest BCUT2D eigenvalue weighted by Crippen LogP contribution is 2.12. The zero-order chi connectivity index (χ0) is 16.3. The number of benzene rings is 1. The third-order valence-corrected chi connectivity index (χ3v) is 3.12. The van der Waals surface area contributed by atoms with E-state index in [0.29, 0.717) is 10.9 Å². The Bertz CT molecular complexity index is 753. The second kappa shape index (κ2) is 6.17. The molecule has 118 valence electrons. The second-order valence-electron chi connectivity index (χ2n) is 4.86. The first-order valence-electron chi connectivity index (χ1n) is 6.56. The molecule has 0 bridgehead atoms. The van der Waals surface area contributed by atoms with Crippen molar-refractivity contribution in [2.24, 2.45) is 0 Å². The van der Waals surface area contributed by atoms with Crippen molar-refractivity contribution >= 4 is 16.8 Å². The van der Waals surface area contributed by atoms with Gasteiger partial charge in [-0.25, -0.2) is 4.98 Å². The molecule has 0 aliphatic carbocycles. The molecule has 0 radical (unpaired) electrons. The molecule has 1 amide bonds. The molecule has 0 spiro atoms. The van der Waals surface area contributed by atoms with E-state index in [0.717, 1.165) is 5.56 Å². The Balaban J connectivity index is 2.08. The van der Waals surface area contributed by atoms with Crippen LogP contribution in [0.25, 0.3) is 10.9 Å². The summed E-state index contributed by atoms with van der Waals surface area (Å²) in [4.78, 5) is 27.7. The fraction of sp³-hybridized carbons (Fsp3) is 0.357. The lowest BCUT2D eigenvalue weighted by atomic mass is 10.1. The lowest BCUT2D eigenvalue weighted by Gasteiger charge is -2.10. The molecule has 1 N–H and O–H groups in total. The lowest BCUT2D eigenvalue weighted by molar-refractivity contribution is -0.138. The normalized spacial score (nSPS) is 11.6. The molecule has 5 nitrogen and oxygen atoms in total. The molecule has 22 heavy (non-hydrogen) atoms. The van der Waals surface area contributed by atoms with Crippen molar-refractivity contribution in [2.75, 3.05) is 6.54 Å². The van der Waals surface area contributed by atoms with Crippen LogP contribution < -0.4 is 10.9 Å². The van der Waals surface area contributed by atoms with Crippen LogP contribution in [0.15, 0.2) is 29.3 Å². The molecule has 2 aromatic rings. The quantitative estimate of drug-likeness (QED) is 0.936. The zero-order valence-electron chi connectivity index (χ0n) is 11.8. The Hall–Kier alpha value is -2.38. The lowest BCUT2D eigenvalue weighted by Crippen LogP contribution is -2.34. The van der Waals surface area contributed by atoms with Gasteiger partial charge in [-0.1, -0.05) is 12.1 Å². The van der Waals surface area contributed by atoms with Gasteiger partial charge in [0.1, 0.15) is 6.54 Å². The average molecular weight is 313 g/mol. The number of carbonyl (C=O) groups excluding carboxylic acids is 1. The Labute approximate surface area is 123 Å². The van der Waals surface area contributed by atoms with E-state index in [1.165, 1.54) is 10.9 Å². The predicted octanol–water partition coefficient (Wildman–Crippen LogP) is 1.77. The van der Waals surface area contributed by atoms with E-state index in [2.05, 4.69) is 4.98 Å². The summed E-state index contributed by atoms with van der Waals surface area (Å²) in [5, 5.41) is 2.17. The molecule has 2 rings (SSSR count). The number of aryl methyl sites for hydroxylation is 2. The number of amides is 1. The summed E-state index contributed by atoms with van der Waals surface area (Å²) in [5.41, 5.74) is 1.10. The predicted molar refractivity (Wildman–Crippen MR) is 74.4 cm³/mol. The molecule has 1 aromatic carbocycles. The van der Waals surface area contributed by atoms with Gasteiger partial charge in [0.05, 0.1) is 17.2 Å². The van der Waals surface area contributed by atoms with E-state index in [4.69, 9.17) is 0 Å². The number of nitrogens with zero attached hydrogens (tertiary/aromatic N) is 2. The van der Waals surface area contributed by atoms with Gasteiger partial charge >= 0.3 is 6.18 Å². The molecule has 0 atom stereocenters. The van der Waals surface area contributed by atoms with Gasteiger partial charge < -0.3 is 5.32 Å². The summed E-state index contributed by atoms with van der Waals surface area (Å²) in [5.74, 6) is -0.770. The number of rotatable bonds is 4. The molecule has 0 saturated carbocycles. The van der Waals surface area contributed by atoms with Gasteiger partial charge in [0.15, 0.2) is 0 Å². The number of hydrogen-bond acceptors (Lipinski definition) is 3. The largest absolute Gasteiger partial charge is 0.405 e. The fourth-order valence-electron chi connectivity index (χ4n) is 2.01. The van der Waals surface area contributed by atoms with Gasteiger partial charge in [-0.3, -0.25) is 14.2 Å². The molecule has 0 saturated heterocycles. The van der Waals surface area contributed by atoms with Crippen molar-refractivity contribution in [1.29, 1.82) is 0 Å². The van der Waals surface area contributed by atoms with Crippen LogP contribution in [0.4, 0.5) is 13.2 Å². The van der Waals surface area contributed by atoms with Crippen LogP contribution in [0.1, 0.15) is 12.0 Å². The summed E-state index contributed by atoms with van der Waals surface area (Å²) in [6, 6.07) is 5.17. The molecule has 0 aliphatic rings. The first-order chi connectivity index (χ1) is 10.3. The average Bonchev–Trinajstić information content (AvgIpc) is 2.44. The van der Waals surface area contributed by atoms with Crippen molar-refractivity contribution in [3.05, 3.63) is 40.4 Å². The molecule has 1 heterocycles. The van der Waals surface area contributed by atoms with Crippen molar-refractivity contribution in [3.63, 3.8) is 0 Å². The van der Waals surface area contributed by atoms with Crippen molar-refractivity contribution in [2.45, 2.75) is 26.1 Å². The second-order valence-corrected chi connectivity index (χ2v) is 4.86. The highest BCUT2D eigenvalue weighted by atomic mass is 19.4. The van der Waals surface area contributed by atoms with E-state index in [9.17, 15) is 22.8 Å². The third kappa shape index (κ3) is 3.84. The number of carbonyl (C=O) groups is 1. The van der Waals surface area contributed by atoms with Gasteiger partial charge in [-0.2, -0.15) is 13.2 Å². The first kappa shape index (κ1) is 16.0. The molecule has 8 heteroatoms. The van der Waals surface area contributed by atoms with Gasteiger partial charge in [0.25, 0.3) is 5.56 Å². The van der Waals surface area contributed by atoms with Crippen LogP contribution in [0, 0.1) is 6.92 Å². The summed E-state index contributed by atoms with van der Waals surface area (Å²) < 4.78 is 37.1. The minimum atomic E-state index is -4.45. The number of aromatic nitrogens is 2. The number of hydrogen-bond donors (Lipinski definition) is 1.